The zero-order valence-electron chi connectivity index (χ0n) is 16.3. The maximum Gasteiger partial charge on any atom is 1.00 e. The second kappa shape index (κ2) is 15.7. The number of hydroxylamine groups is 2. The van der Waals surface area contributed by atoms with Gasteiger partial charge < -0.3 is 45.2 Å². The molecule has 2 aromatic rings. The predicted octanol–water partition coefficient (Wildman–Crippen LogP) is -3.02. The molecule has 11 heteroatoms. The van der Waals surface area contributed by atoms with Gasteiger partial charge >= 0.3 is 59.1 Å². The van der Waals surface area contributed by atoms with Crippen LogP contribution in [-0.2, 0) is 4.74 Å². The minimum Gasteiger partial charge on any atom is -0.530 e. The number of carbonyl (C=O) groups is 2. The molecule has 144 valence electrons. The maximum absolute atomic E-state index is 11.1. The van der Waals surface area contributed by atoms with Crippen molar-refractivity contribution in [3.63, 3.8) is 0 Å². The Morgan fingerprint density at radius 3 is 1.31 bits per heavy atom. The first-order valence-electron chi connectivity index (χ1n) is 7.96. The minimum atomic E-state index is -0.713. The van der Waals surface area contributed by atoms with Crippen LogP contribution in [0.3, 0.4) is 0 Å². The Labute approximate surface area is 212 Å². The maximum atomic E-state index is 11.1. The van der Waals surface area contributed by atoms with Crippen molar-refractivity contribution in [2.45, 2.75) is 0 Å². The number of hydrogen-bond acceptors (Lipinski definition) is 7. The fraction of sp³-hybridized carbons (Fsp3) is 0.222. The van der Waals surface area contributed by atoms with Crippen LogP contribution in [0.5, 0.6) is 11.5 Å². The molecule has 0 aliphatic rings. The largest absolute Gasteiger partial charge is 1.00 e. The molecule has 29 heavy (non-hydrogen) atoms. The van der Waals surface area contributed by atoms with Crippen LogP contribution < -0.4 is 68.6 Å². The summed E-state index contributed by atoms with van der Waals surface area (Å²) in [5.74, 6) is -0.300. The number of amides is 2. The minimum absolute atomic E-state index is 0. The first kappa shape index (κ1) is 27.9. The van der Waals surface area contributed by atoms with E-state index in [-0.39, 0.29) is 70.2 Å². The molecule has 0 saturated carbocycles. The number of nitrogens with zero attached hydrogens (tertiary/aromatic N) is 2. The van der Waals surface area contributed by atoms with Crippen LogP contribution in [0, 0.1) is 0 Å². The molecule has 0 bridgehead atoms. The predicted molar refractivity (Wildman–Crippen MR) is 93.6 cm³/mol. The molecule has 0 aliphatic carbocycles. The molecule has 2 amide bonds. The van der Waals surface area contributed by atoms with Crippen LogP contribution in [0.25, 0.3) is 11.0 Å². The Kier molecular flexibility index (Phi) is 15.1. The molecule has 0 fully saturated rings. The molecule has 2 aromatic carbocycles. The fourth-order valence-electron chi connectivity index (χ4n) is 2.04. The van der Waals surface area contributed by atoms with Crippen molar-refractivity contribution in [2.24, 2.45) is 0 Å². The monoisotopic (exact) mass is 420 g/mol. The van der Waals surface area contributed by atoms with Gasteiger partial charge in [0.2, 0.25) is 0 Å². The standard InChI is InChI=1S/C18H20N2O7.2Na/c21-17(19-23)13-1-5-15(6-2-13)26-11-9-25-10-12-27-16-7-3-14(4-8-16)18(22)20-24;;/h1-8H,9-12H2,(H4,19,20,21,22,23,24);;/q;2*+1/p-2. The van der Waals surface area contributed by atoms with E-state index in [2.05, 4.69) is 11.0 Å². The van der Waals surface area contributed by atoms with Gasteiger partial charge in [0.05, 0.1) is 13.2 Å². The summed E-state index contributed by atoms with van der Waals surface area (Å²) >= 11 is 0. The van der Waals surface area contributed by atoms with Crippen LogP contribution in [0.15, 0.2) is 48.5 Å². The van der Waals surface area contributed by atoms with E-state index in [0.29, 0.717) is 37.9 Å². The van der Waals surface area contributed by atoms with E-state index >= 15 is 0 Å². The van der Waals surface area contributed by atoms with E-state index < -0.39 is 11.8 Å². The molecule has 0 saturated heterocycles. The van der Waals surface area contributed by atoms with E-state index in [4.69, 9.17) is 24.6 Å². The average Bonchev–Trinajstić information content (AvgIpc) is 2.72. The molecule has 0 aromatic heterocycles. The van der Waals surface area contributed by atoms with Crippen LogP contribution >= 0.6 is 0 Å². The van der Waals surface area contributed by atoms with Gasteiger partial charge in [-0.05, 0) is 48.5 Å². The number of carbonyl (C=O) groups excluding carboxylic acids is 2. The van der Waals surface area contributed by atoms with E-state index in [9.17, 15) is 9.59 Å². The Bertz CT molecular complexity index is 679. The van der Waals surface area contributed by atoms with Crippen molar-refractivity contribution < 1.29 is 93.3 Å². The normalized spacial score (nSPS) is 9.45. The van der Waals surface area contributed by atoms with Crippen LogP contribution in [-0.4, -0.2) is 48.7 Å². The summed E-state index contributed by atoms with van der Waals surface area (Å²) in [5.41, 5.74) is 5.71. The van der Waals surface area contributed by atoms with Crippen molar-refractivity contribution in [1.82, 2.24) is 0 Å². The van der Waals surface area contributed by atoms with Crippen molar-refractivity contribution >= 4 is 11.8 Å². The molecule has 9 nitrogen and oxygen atoms in total. The molecule has 0 atom stereocenters. The van der Waals surface area contributed by atoms with Gasteiger partial charge in [-0.2, -0.15) is 0 Å². The van der Waals surface area contributed by atoms with Crippen molar-refractivity contribution in [1.29, 1.82) is 0 Å². The SMILES string of the molecule is O=C([N-]O)c1ccc(OCCOCCOc2ccc(C(=O)[N-]O)cc2)cc1.[Na+].[Na+]. The summed E-state index contributed by atoms with van der Waals surface area (Å²) in [4.78, 5) is 22.3. The number of hydrogen-bond donors (Lipinski definition) is 2. The van der Waals surface area contributed by atoms with E-state index in [1.165, 1.54) is 24.3 Å². The van der Waals surface area contributed by atoms with Gasteiger partial charge in [-0.25, -0.2) is 0 Å². The van der Waals surface area contributed by atoms with E-state index in [1.54, 1.807) is 24.3 Å². The van der Waals surface area contributed by atoms with Gasteiger partial charge in [-0.15, -0.1) is 0 Å². The third kappa shape index (κ3) is 9.94. The van der Waals surface area contributed by atoms with Gasteiger partial charge in [0, 0.05) is 11.1 Å². The zero-order chi connectivity index (χ0) is 19.5. The van der Waals surface area contributed by atoms with E-state index in [0.717, 1.165) is 0 Å². The van der Waals surface area contributed by atoms with Gasteiger partial charge in [0.25, 0.3) is 0 Å². The molecule has 0 heterocycles. The van der Waals surface area contributed by atoms with Crippen LogP contribution in [0.1, 0.15) is 20.7 Å². The molecule has 2 N–H and O–H groups in total. The van der Waals surface area contributed by atoms with Crippen LogP contribution in [0.4, 0.5) is 0 Å². The summed E-state index contributed by atoms with van der Waals surface area (Å²) in [6, 6.07) is 12.4. The molecule has 0 radical (unpaired) electrons. The summed E-state index contributed by atoms with van der Waals surface area (Å²) in [6.07, 6.45) is 0. The summed E-state index contributed by atoms with van der Waals surface area (Å²) in [6.45, 7) is 1.33. The van der Waals surface area contributed by atoms with Crippen molar-refractivity contribution in [3.8, 4) is 11.5 Å². The molecule has 0 aliphatic heterocycles. The van der Waals surface area contributed by atoms with Gasteiger partial charge in [-0.1, -0.05) is 0 Å². The molecular formula is C18H18N2Na2O7. The quantitative estimate of drug-likeness (QED) is 0.181. The topological polar surface area (TPSA) is 130 Å². The number of benzene rings is 2. The number of rotatable bonds is 10. The molecule has 2 rings (SSSR count). The van der Waals surface area contributed by atoms with E-state index in [1.807, 2.05) is 0 Å². The summed E-state index contributed by atoms with van der Waals surface area (Å²) < 4.78 is 16.3. The third-order valence-corrected chi connectivity index (χ3v) is 3.38. The van der Waals surface area contributed by atoms with Gasteiger partial charge in [0.15, 0.2) is 0 Å². The van der Waals surface area contributed by atoms with Crippen molar-refractivity contribution in [2.75, 3.05) is 26.4 Å². The van der Waals surface area contributed by atoms with Crippen molar-refractivity contribution in [3.05, 3.63) is 70.6 Å². The Morgan fingerprint density at radius 2 is 1.00 bits per heavy atom. The van der Waals surface area contributed by atoms with Gasteiger partial charge in [0.1, 0.15) is 36.5 Å². The van der Waals surface area contributed by atoms with Gasteiger partial charge in [-0.3, -0.25) is 0 Å². The Balaban J connectivity index is 0.00000392. The third-order valence-electron chi connectivity index (χ3n) is 3.38. The first-order valence-corrected chi connectivity index (χ1v) is 7.96. The average molecular weight is 420 g/mol. The fourth-order valence-corrected chi connectivity index (χ4v) is 2.04. The summed E-state index contributed by atoms with van der Waals surface area (Å²) in [7, 11) is 0. The second-order valence-electron chi connectivity index (χ2n) is 5.17. The zero-order valence-corrected chi connectivity index (χ0v) is 20.3. The number of ether oxygens (including phenoxy) is 3. The van der Waals surface area contributed by atoms with Crippen LogP contribution in [0.2, 0.25) is 0 Å². The molecule has 0 unspecified atom stereocenters. The summed E-state index contributed by atoms with van der Waals surface area (Å²) in [5, 5.41) is 16.8. The Morgan fingerprint density at radius 1 is 0.655 bits per heavy atom. The molecule has 0 spiro atoms. The Hall–Kier alpha value is -1.14. The molecular weight excluding hydrogens is 402 g/mol. The first-order chi connectivity index (χ1) is 13.1. The smallest absolute Gasteiger partial charge is 0.530 e. The second-order valence-corrected chi connectivity index (χ2v) is 5.17.